The number of fused-ring (bicyclic) bond motifs is 2. The van der Waals surface area contributed by atoms with Gasteiger partial charge in [-0.3, -0.25) is 19.0 Å². The molecular weight excluding hydrogens is 359 g/mol. The molecule has 3 aromatic heterocycles. The largest absolute Gasteiger partial charge is 0.317 e. The Kier molecular flexibility index (Phi) is 3.94. The van der Waals surface area contributed by atoms with Crippen molar-refractivity contribution >= 4 is 21.8 Å². The van der Waals surface area contributed by atoms with E-state index in [0.717, 1.165) is 25.9 Å². The Balaban J connectivity index is 1.59. The SMILES string of the molecule is Cn1cc2cc(-c3cc4ncn(C5CCNCC5)c(=O)c4cn3)cc(F)c2n1. The average Bonchev–Trinajstić information content (AvgIpc) is 3.09. The summed E-state index contributed by atoms with van der Waals surface area (Å²) in [6, 6.07) is 5.16. The fourth-order valence-corrected chi connectivity index (χ4v) is 3.90. The molecule has 8 heteroatoms. The van der Waals surface area contributed by atoms with Gasteiger partial charge in [-0.1, -0.05) is 0 Å². The van der Waals surface area contributed by atoms with Crippen molar-refractivity contribution in [1.82, 2.24) is 29.6 Å². The maximum atomic E-state index is 14.4. The highest BCUT2D eigenvalue weighted by molar-refractivity contribution is 5.86. The number of aromatic nitrogens is 5. The molecule has 0 bridgehead atoms. The molecule has 142 valence electrons. The van der Waals surface area contributed by atoms with Gasteiger partial charge in [0.2, 0.25) is 0 Å². The molecule has 0 atom stereocenters. The number of piperidine rings is 1. The summed E-state index contributed by atoms with van der Waals surface area (Å²) in [5.74, 6) is -0.399. The summed E-state index contributed by atoms with van der Waals surface area (Å²) in [4.78, 5) is 21.8. The van der Waals surface area contributed by atoms with Gasteiger partial charge in [0.25, 0.3) is 5.56 Å². The van der Waals surface area contributed by atoms with Crippen molar-refractivity contribution in [2.45, 2.75) is 18.9 Å². The number of halogens is 1. The minimum atomic E-state index is -0.399. The number of pyridine rings is 1. The Morgan fingerprint density at radius 3 is 2.82 bits per heavy atom. The molecule has 0 spiro atoms. The van der Waals surface area contributed by atoms with Crippen molar-refractivity contribution < 1.29 is 4.39 Å². The van der Waals surface area contributed by atoms with Crippen LogP contribution in [0.3, 0.4) is 0 Å². The topological polar surface area (TPSA) is 77.6 Å². The summed E-state index contributed by atoms with van der Waals surface area (Å²) in [5.41, 5.74) is 2.01. The van der Waals surface area contributed by atoms with E-state index in [0.29, 0.717) is 33.1 Å². The van der Waals surface area contributed by atoms with Crippen molar-refractivity contribution in [3.05, 3.63) is 53.1 Å². The summed E-state index contributed by atoms with van der Waals surface area (Å²) in [7, 11) is 1.75. The first-order chi connectivity index (χ1) is 13.6. The third kappa shape index (κ3) is 2.77. The minimum absolute atomic E-state index is 0.0788. The number of hydrogen-bond donors (Lipinski definition) is 1. The highest BCUT2D eigenvalue weighted by Crippen LogP contribution is 2.26. The zero-order valence-corrected chi connectivity index (χ0v) is 15.4. The highest BCUT2D eigenvalue weighted by atomic mass is 19.1. The Morgan fingerprint density at radius 1 is 1.18 bits per heavy atom. The smallest absolute Gasteiger partial charge is 0.263 e. The van der Waals surface area contributed by atoms with Crippen LogP contribution in [-0.4, -0.2) is 37.4 Å². The Hall–Kier alpha value is -3.13. The maximum absolute atomic E-state index is 14.4. The lowest BCUT2D eigenvalue weighted by Crippen LogP contribution is -2.34. The van der Waals surface area contributed by atoms with Gasteiger partial charge in [-0.05, 0) is 44.1 Å². The predicted octanol–water partition coefficient (Wildman–Crippen LogP) is 2.41. The molecule has 7 nitrogen and oxygen atoms in total. The van der Waals surface area contributed by atoms with E-state index in [9.17, 15) is 9.18 Å². The van der Waals surface area contributed by atoms with Gasteiger partial charge in [0.05, 0.1) is 22.9 Å². The maximum Gasteiger partial charge on any atom is 0.263 e. The Labute approximate surface area is 159 Å². The number of hydrogen-bond acceptors (Lipinski definition) is 5. The number of aryl methyl sites for hydroxylation is 1. The number of benzene rings is 1. The van der Waals surface area contributed by atoms with E-state index >= 15 is 0 Å². The molecule has 4 heterocycles. The first kappa shape index (κ1) is 17.0. The molecule has 0 unspecified atom stereocenters. The fourth-order valence-electron chi connectivity index (χ4n) is 3.90. The van der Waals surface area contributed by atoms with Crippen LogP contribution in [0.4, 0.5) is 4.39 Å². The zero-order valence-electron chi connectivity index (χ0n) is 15.4. The Morgan fingerprint density at radius 2 is 2.00 bits per heavy atom. The molecule has 1 aromatic carbocycles. The van der Waals surface area contributed by atoms with Crippen LogP contribution in [0.15, 0.2) is 41.7 Å². The molecule has 1 N–H and O–H groups in total. The van der Waals surface area contributed by atoms with E-state index in [1.54, 1.807) is 41.1 Å². The van der Waals surface area contributed by atoms with Gasteiger partial charge in [0.15, 0.2) is 5.82 Å². The molecular formula is C20H19FN6O. The van der Waals surface area contributed by atoms with Crippen LogP contribution < -0.4 is 10.9 Å². The number of nitrogens with zero attached hydrogens (tertiary/aromatic N) is 5. The fraction of sp³-hybridized carbons (Fsp3) is 0.300. The monoisotopic (exact) mass is 378 g/mol. The molecule has 28 heavy (non-hydrogen) atoms. The van der Waals surface area contributed by atoms with E-state index in [-0.39, 0.29) is 11.6 Å². The van der Waals surface area contributed by atoms with E-state index in [1.165, 1.54) is 6.07 Å². The van der Waals surface area contributed by atoms with E-state index < -0.39 is 5.82 Å². The minimum Gasteiger partial charge on any atom is -0.317 e. The lowest BCUT2D eigenvalue weighted by atomic mass is 10.1. The van der Waals surface area contributed by atoms with E-state index in [4.69, 9.17) is 0 Å². The van der Waals surface area contributed by atoms with Crippen molar-refractivity contribution in [3.8, 4) is 11.3 Å². The summed E-state index contributed by atoms with van der Waals surface area (Å²) in [6.45, 7) is 1.80. The van der Waals surface area contributed by atoms with Gasteiger partial charge in [-0.2, -0.15) is 5.10 Å². The van der Waals surface area contributed by atoms with E-state index in [1.807, 2.05) is 6.07 Å². The second kappa shape index (κ2) is 6.49. The summed E-state index contributed by atoms with van der Waals surface area (Å²) in [5, 5.41) is 8.61. The average molecular weight is 378 g/mol. The van der Waals surface area contributed by atoms with Crippen LogP contribution in [0.5, 0.6) is 0 Å². The molecule has 1 aliphatic heterocycles. The highest BCUT2D eigenvalue weighted by Gasteiger charge is 2.18. The summed E-state index contributed by atoms with van der Waals surface area (Å²) < 4.78 is 17.7. The van der Waals surface area contributed by atoms with Crippen LogP contribution in [0.1, 0.15) is 18.9 Å². The molecule has 0 aliphatic carbocycles. The van der Waals surface area contributed by atoms with Crippen LogP contribution in [-0.2, 0) is 7.05 Å². The van der Waals surface area contributed by atoms with Crippen LogP contribution >= 0.6 is 0 Å². The summed E-state index contributed by atoms with van der Waals surface area (Å²) >= 11 is 0. The molecule has 0 radical (unpaired) electrons. The number of rotatable bonds is 2. The third-order valence-corrected chi connectivity index (χ3v) is 5.34. The van der Waals surface area contributed by atoms with Gasteiger partial charge in [-0.15, -0.1) is 0 Å². The van der Waals surface area contributed by atoms with Gasteiger partial charge in [-0.25, -0.2) is 9.37 Å². The second-order valence-corrected chi connectivity index (χ2v) is 7.22. The quantitative estimate of drug-likeness (QED) is 0.580. The van der Waals surface area contributed by atoms with Gasteiger partial charge in [0, 0.05) is 36.4 Å². The first-order valence-corrected chi connectivity index (χ1v) is 9.31. The summed E-state index contributed by atoms with van der Waals surface area (Å²) in [6.07, 6.45) is 6.74. The third-order valence-electron chi connectivity index (χ3n) is 5.34. The van der Waals surface area contributed by atoms with Crippen molar-refractivity contribution in [2.75, 3.05) is 13.1 Å². The lowest BCUT2D eigenvalue weighted by Gasteiger charge is -2.24. The molecule has 4 aromatic rings. The zero-order chi connectivity index (χ0) is 19.3. The van der Waals surface area contributed by atoms with Crippen LogP contribution in [0.25, 0.3) is 33.1 Å². The second-order valence-electron chi connectivity index (χ2n) is 7.22. The van der Waals surface area contributed by atoms with Crippen molar-refractivity contribution in [2.24, 2.45) is 7.05 Å². The van der Waals surface area contributed by atoms with Crippen LogP contribution in [0.2, 0.25) is 0 Å². The van der Waals surface area contributed by atoms with Crippen molar-refractivity contribution in [1.29, 1.82) is 0 Å². The van der Waals surface area contributed by atoms with E-state index in [2.05, 4.69) is 20.4 Å². The Bertz CT molecular complexity index is 1260. The molecule has 1 saturated heterocycles. The molecule has 1 aliphatic rings. The molecule has 1 fully saturated rings. The van der Waals surface area contributed by atoms with Crippen molar-refractivity contribution in [3.63, 3.8) is 0 Å². The molecule has 0 amide bonds. The van der Waals surface area contributed by atoms with Gasteiger partial charge < -0.3 is 5.32 Å². The van der Waals surface area contributed by atoms with Gasteiger partial charge in [0.1, 0.15) is 5.52 Å². The van der Waals surface area contributed by atoms with Crippen LogP contribution in [0, 0.1) is 5.82 Å². The normalized spacial score (nSPS) is 15.5. The standard InChI is InChI=1S/C20H19FN6O/c1-26-10-13-6-12(7-16(21)19(13)25-26)17-8-18-15(9-23-17)20(28)27(11-24-18)14-2-4-22-5-3-14/h6-11,14,22H,2-5H2,1H3. The van der Waals surface area contributed by atoms with Gasteiger partial charge >= 0.3 is 0 Å². The molecule has 0 saturated carbocycles. The molecule has 5 rings (SSSR count). The predicted molar refractivity (Wildman–Crippen MR) is 105 cm³/mol. The first-order valence-electron chi connectivity index (χ1n) is 9.31. The lowest BCUT2D eigenvalue weighted by molar-refractivity contribution is 0.359. The number of nitrogens with one attached hydrogen (secondary N) is 1.